The summed E-state index contributed by atoms with van der Waals surface area (Å²) in [6.07, 6.45) is -4.84. The van der Waals surface area contributed by atoms with Crippen LogP contribution in [0.4, 0.5) is 5.82 Å². The summed E-state index contributed by atoms with van der Waals surface area (Å²) >= 11 is 0. The Bertz CT molecular complexity index is 1940. The van der Waals surface area contributed by atoms with Gasteiger partial charge in [0.05, 0.1) is 17.8 Å². The Balaban J connectivity index is 1.50. The van der Waals surface area contributed by atoms with Crippen LogP contribution < -0.4 is 11.5 Å². The number of carbonyl (C=O) groups is 4. The number of rotatable bonds is 10. The van der Waals surface area contributed by atoms with Crippen LogP contribution in [-0.4, -0.2) is 119 Å². The molecule has 61 heavy (non-hydrogen) atoms. The van der Waals surface area contributed by atoms with E-state index >= 15 is 0 Å². The van der Waals surface area contributed by atoms with Crippen molar-refractivity contribution in [3.05, 3.63) is 30.0 Å². The summed E-state index contributed by atoms with van der Waals surface area (Å²) in [6.45, 7) is 15.1. The molecule has 3 saturated heterocycles. The normalized spacial score (nSPS) is 37.4. The summed E-state index contributed by atoms with van der Waals surface area (Å²) < 4.78 is 36.5. The van der Waals surface area contributed by atoms with E-state index in [-0.39, 0.29) is 36.6 Å². The van der Waals surface area contributed by atoms with Crippen LogP contribution >= 0.6 is 0 Å². The van der Waals surface area contributed by atoms with Crippen LogP contribution in [0.5, 0.6) is 0 Å². The van der Waals surface area contributed by atoms with E-state index in [1.54, 1.807) is 72.7 Å². The molecule has 5 rings (SSSR count). The van der Waals surface area contributed by atoms with Gasteiger partial charge in [-0.15, -0.1) is 0 Å². The van der Waals surface area contributed by atoms with Crippen LogP contribution in [0.15, 0.2) is 33.9 Å². The Morgan fingerprint density at radius 3 is 2.38 bits per heavy atom. The van der Waals surface area contributed by atoms with Crippen LogP contribution in [0.25, 0.3) is 11.5 Å². The monoisotopic (exact) mass is 856 g/mol. The summed E-state index contributed by atoms with van der Waals surface area (Å²) in [6, 6.07) is 6.37. The Kier molecular flexibility index (Phi) is 14.7. The van der Waals surface area contributed by atoms with E-state index in [0.29, 0.717) is 29.4 Å². The fourth-order valence-corrected chi connectivity index (χ4v) is 9.38. The summed E-state index contributed by atoms with van der Waals surface area (Å²) in [5.74, 6) is -8.43. The van der Waals surface area contributed by atoms with Crippen molar-refractivity contribution in [2.75, 3.05) is 26.9 Å². The first kappa shape index (κ1) is 47.6. The van der Waals surface area contributed by atoms with Gasteiger partial charge in [0.25, 0.3) is 0 Å². The molecule has 0 radical (unpaired) electrons. The molecule has 0 saturated carbocycles. The number of oxime groups is 1. The molecule has 2 aromatic rings. The predicted octanol–water partition coefficient (Wildman–Crippen LogP) is 3.84. The van der Waals surface area contributed by atoms with Crippen molar-refractivity contribution in [1.29, 1.82) is 0 Å². The van der Waals surface area contributed by atoms with Crippen LogP contribution in [0.3, 0.4) is 0 Å². The number of pyridine rings is 1. The van der Waals surface area contributed by atoms with Gasteiger partial charge in [-0.2, -0.15) is 0 Å². The van der Waals surface area contributed by atoms with Gasteiger partial charge in [-0.25, -0.2) is 4.98 Å². The van der Waals surface area contributed by atoms with E-state index in [2.05, 4.69) is 15.3 Å². The zero-order chi connectivity index (χ0) is 45.3. The number of ether oxygens (including phenoxy) is 5. The predicted molar refractivity (Wildman–Crippen MR) is 221 cm³/mol. The number of amidine groups is 1. The zero-order valence-corrected chi connectivity index (χ0v) is 37.3. The number of aliphatic hydroxyl groups excluding tert-OH is 1. The molecular weight excluding hydrogens is 793 g/mol. The van der Waals surface area contributed by atoms with Crippen molar-refractivity contribution in [3.8, 4) is 11.5 Å². The number of nitrogens with zero attached hydrogens (tertiary/aromatic N) is 4. The number of carbonyl (C=O) groups excluding carboxylic acids is 4. The van der Waals surface area contributed by atoms with Gasteiger partial charge in [-0.3, -0.25) is 19.2 Å². The molecule has 0 amide bonds. The van der Waals surface area contributed by atoms with Crippen LogP contribution in [-0.2, 0) is 47.7 Å². The Labute approximate surface area is 357 Å². The first-order valence-corrected chi connectivity index (χ1v) is 21.0. The molecule has 1 unspecified atom stereocenters. The van der Waals surface area contributed by atoms with Crippen LogP contribution in [0.1, 0.15) is 93.4 Å². The highest BCUT2D eigenvalue weighted by molar-refractivity contribution is 6.03. The van der Waals surface area contributed by atoms with Crippen molar-refractivity contribution in [2.45, 2.75) is 136 Å². The molecule has 338 valence electrons. The second-order valence-electron chi connectivity index (χ2n) is 17.6. The molecule has 0 aliphatic carbocycles. The molecule has 18 heteroatoms. The van der Waals surface area contributed by atoms with Crippen LogP contribution in [0.2, 0.25) is 0 Å². The number of aliphatic hydroxyl groups is 1. The highest BCUT2D eigenvalue weighted by Gasteiger charge is 2.63. The fourth-order valence-electron chi connectivity index (χ4n) is 9.38. The number of nitrogen functional groups attached to an aromatic ring is 1. The number of aromatic nitrogens is 2. The standard InChI is InChI=1S/C43H64N6O12/c1-13-30-43(9)33(32(40(54)59-43)38(45)48-60-25(7)27-18-29(61-47-27)26-15-14-16-31(44)46-26)22(4)34(50)20(2)19-42(8,55-12)37(23(5)35(51)24(6)39(53)57-30)58-41-36(52)28(49(10)11)17-21(3)56-41/h14-16,18,20-25,28,30,32-33,36-37,41,52H,13,17,19H2,1-12H3,(H2,44,46)(H2,45,48)/t20-,21-,22-,23+,24-,25+,28+,30+,32-,33+,36-,37-,41?,42-,43-/m1/s1. The average Bonchev–Trinajstić information content (AvgIpc) is 3.82. The maximum absolute atomic E-state index is 14.8. The number of likely N-dealkylation sites (N-methyl/N-ethyl adjacent to an activating group) is 1. The molecule has 2 aromatic heterocycles. The van der Waals surface area contributed by atoms with Gasteiger partial charge in [-0.05, 0) is 80.1 Å². The van der Waals surface area contributed by atoms with Crippen molar-refractivity contribution >= 4 is 35.2 Å². The van der Waals surface area contributed by atoms with Crippen LogP contribution in [0, 0.1) is 35.5 Å². The molecule has 3 aliphatic heterocycles. The summed E-state index contributed by atoms with van der Waals surface area (Å²) in [4.78, 5) is 69.0. The molecule has 5 heterocycles. The summed E-state index contributed by atoms with van der Waals surface area (Å²) in [5.41, 5.74) is 10.3. The van der Waals surface area contributed by atoms with E-state index in [4.69, 9.17) is 44.5 Å². The lowest BCUT2D eigenvalue weighted by Crippen LogP contribution is -2.59. The molecule has 0 bridgehead atoms. The number of anilines is 1. The van der Waals surface area contributed by atoms with Gasteiger partial charge in [0.15, 0.2) is 35.4 Å². The van der Waals surface area contributed by atoms with Gasteiger partial charge in [0.1, 0.15) is 47.0 Å². The second kappa shape index (κ2) is 18.9. The number of hydrogen-bond donors (Lipinski definition) is 3. The molecule has 18 nitrogen and oxygen atoms in total. The van der Waals surface area contributed by atoms with E-state index in [9.17, 15) is 24.3 Å². The number of hydrogen-bond acceptors (Lipinski definition) is 17. The lowest BCUT2D eigenvalue weighted by molar-refractivity contribution is -0.295. The number of cyclic esters (lactones) is 1. The van der Waals surface area contributed by atoms with Gasteiger partial charge in [0, 0.05) is 42.9 Å². The molecule has 15 atom stereocenters. The van der Waals surface area contributed by atoms with E-state index < -0.39 is 95.1 Å². The van der Waals surface area contributed by atoms with E-state index in [1.165, 1.54) is 14.0 Å². The number of fused-ring (bicyclic) bond motifs is 1. The van der Waals surface area contributed by atoms with Gasteiger partial charge in [-0.1, -0.05) is 44.1 Å². The largest absolute Gasteiger partial charge is 0.458 e. The number of methoxy groups -OCH3 is 1. The average molecular weight is 857 g/mol. The molecule has 3 fully saturated rings. The SMILES string of the molecule is CC[C@@H]1OC(=O)[C@H](C)C(=O)[C@H](C)[C@@H](OC2O[C@H](C)C[C@H](N(C)C)[C@H]2O)[C@](C)(OC)C[C@@H](C)C(=O)[C@H](C)[C@H]2[C@H](/C(N)=N/O[C@@H](C)c3cc(-c4cccc(N)n4)on3)C(=O)O[C@@]21C. The Morgan fingerprint density at radius 1 is 1.07 bits per heavy atom. The highest BCUT2D eigenvalue weighted by atomic mass is 16.7. The van der Waals surface area contributed by atoms with Gasteiger partial charge >= 0.3 is 11.9 Å². The lowest BCUT2D eigenvalue weighted by atomic mass is 9.67. The molecule has 0 spiro atoms. The summed E-state index contributed by atoms with van der Waals surface area (Å²) in [5, 5.41) is 19.7. The van der Waals surface area contributed by atoms with Crippen molar-refractivity contribution < 1.29 is 57.3 Å². The number of Topliss-reactive ketones (excluding diaryl/α,β-unsaturated/α-hetero) is 2. The Hall–Kier alpha value is -4.49. The topological polar surface area (TPSA) is 250 Å². The second-order valence-corrected chi connectivity index (χ2v) is 17.6. The lowest BCUT2D eigenvalue weighted by Gasteiger charge is -2.47. The smallest absolute Gasteiger partial charge is 0.317 e. The third kappa shape index (κ3) is 9.62. The first-order valence-electron chi connectivity index (χ1n) is 21.0. The third-order valence-electron chi connectivity index (χ3n) is 13.0. The Morgan fingerprint density at radius 2 is 1.75 bits per heavy atom. The minimum atomic E-state index is -1.60. The minimum Gasteiger partial charge on any atom is -0.458 e. The first-order chi connectivity index (χ1) is 28.6. The van der Waals surface area contributed by atoms with Crippen molar-refractivity contribution in [2.24, 2.45) is 46.4 Å². The van der Waals surface area contributed by atoms with Gasteiger partial charge < -0.3 is 54.5 Å². The van der Waals surface area contributed by atoms with Gasteiger partial charge in [0.2, 0.25) is 0 Å². The molecular formula is C43H64N6O12. The third-order valence-corrected chi connectivity index (χ3v) is 13.0. The molecule has 5 N–H and O–H groups in total. The van der Waals surface area contributed by atoms with Crippen molar-refractivity contribution in [1.82, 2.24) is 15.0 Å². The maximum atomic E-state index is 14.8. The minimum absolute atomic E-state index is 0.0400. The zero-order valence-electron chi connectivity index (χ0n) is 37.3. The number of esters is 2. The van der Waals surface area contributed by atoms with E-state index in [0.717, 1.165) is 0 Å². The van der Waals surface area contributed by atoms with Crippen molar-refractivity contribution in [3.63, 3.8) is 0 Å². The maximum Gasteiger partial charge on any atom is 0.317 e. The fraction of sp³-hybridized carbons (Fsp3) is 0.698. The molecule has 0 aromatic carbocycles. The number of ketones is 2. The quantitative estimate of drug-likeness (QED) is 0.101. The highest BCUT2D eigenvalue weighted by Crippen LogP contribution is 2.48. The molecule has 3 aliphatic rings. The van der Waals surface area contributed by atoms with E-state index in [1.807, 2.05) is 25.9 Å². The summed E-state index contributed by atoms with van der Waals surface area (Å²) in [7, 11) is 5.15. The number of nitrogens with two attached hydrogens (primary N) is 2.